The third-order valence-corrected chi connectivity index (χ3v) is 2.92. The van der Waals surface area contributed by atoms with Crippen molar-refractivity contribution in [1.82, 2.24) is 0 Å². The first kappa shape index (κ1) is 6.41. The van der Waals surface area contributed by atoms with E-state index in [1.807, 2.05) is 0 Å². The second-order valence-electron chi connectivity index (χ2n) is 3.55. The molecule has 10 heavy (non-hydrogen) atoms. The molecule has 3 atom stereocenters. The first-order chi connectivity index (χ1) is 4.90. The van der Waals surface area contributed by atoms with Gasteiger partial charge in [0.2, 0.25) is 0 Å². The van der Waals surface area contributed by atoms with E-state index >= 15 is 0 Å². The smallest absolute Gasteiger partial charge is 0.0433 e. The van der Waals surface area contributed by atoms with Gasteiger partial charge in [0, 0.05) is 6.61 Å². The van der Waals surface area contributed by atoms with E-state index in [-0.39, 0.29) is 0 Å². The summed E-state index contributed by atoms with van der Waals surface area (Å²) in [7, 11) is 0. The molecule has 0 amide bonds. The van der Waals surface area contributed by atoms with Gasteiger partial charge in [-0.3, -0.25) is 0 Å². The van der Waals surface area contributed by atoms with Crippen LogP contribution >= 0.6 is 0 Å². The third-order valence-electron chi connectivity index (χ3n) is 2.92. The molecule has 2 rings (SSSR count). The Morgan fingerprint density at radius 3 is 2.70 bits per heavy atom. The van der Waals surface area contributed by atoms with Crippen LogP contribution in [0.2, 0.25) is 0 Å². The van der Waals surface area contributed by atoms with Crippen LogP contribution in [-0.2, 0) is 0 Å². The molecule has 1 saturated carbocycles. The van der Waals surface area contributed by atoms with Gasteiger partial charge < -0.3 is 5.11 Å². The number of aliphatic hydroxyl groups is 1. The van der Waals surface area contributed by atoms with Crippen LogP contribution in [0.3, 0.4) is 0 Å². The van der Waals surface area contributed by atoms with E-state index in [0.29, 0.717) is 6.61 Å². The summed E-state index contributed by atoms with van der Waals surface area (Å²) in [5, 5.41) is 8.73. The normalized spacial score (nSPS) is 43.1. The number of hydrogen-bond donors (Lipinski definition) is 1. The predicted molar refractivity (Wildman–Crippen MR) is 40.5 cm³/mol. The second kappa shape index (κ2) is 2.39. The standard InChI is InChI=1S/C9H14O/c10-4-3-9-6-7-1-2-8(9)5-7/h1-2,7-10H,3-6H2. The van der Waals surface area contributed by atoms with Crippen LogP contribution in [0.1, 0.15) is 19.3 Å². The fourth-order valence-corrected chi connectivity index (χ4v) is 2.39. The highest BCUT2D eigenvalue weighted by atomic mass is 16.3. The lowest BCUT2D eigenvalue weighted by molar-refractivity contribution is 0.244. The van der Waals surface area contributed by atoms with E-state index in [1.54, 1.807) is 0 Å². The zero-order valence-electron chi connectivity index (χ0n) is 6.16. The maximum absolute atomic E-state index is 8.73. The summed E-state index contributed by atoms with van der Waals surface area (Å²) in [6.45, 7) is 0.377. The number of fused-ring (bicyclic) bond motifs is 2. The topological polar surface area (TPSA) is 20.2 Å². The minimum absolute atomic E-state index is 0.377. The van der Waals surface area contributed by atoms with E-state index in [1.165, 1.54) is 12.8 Å². The van der Waals surface area contributed by atoms with Gasteiger partial charge in [0.15, 0.2) is 0 Å². The molecule has 0 radical (unpaired) electrons. The molecule has 0 saturated heterocycles. The summed E-state index contributed by atoms with van der Waals surface area (Å²) in [5.41, 5.74) is 0. The predicted octanol–water partition coefficient (Wildman–Crippen LogP) is 1.58. The molecule has 3 unspecified atom stereocenters. The third kappa shape index (κ3) is 0.891. The average Bonchev–Trinajstić information content (AvgIpc) is 2.48. The van der Waals surface area contributed by atoms with Crippen LogP contribution in [0.25, 0.3) is 0 Å². The highest BCUT2D eigenvalue weighted by molar-refractivity contribution is 5.09. The number of hydrogen-bond acceptors (Lipinski definition) is 1. The molecule has 56 valence electrons. The van der Waals surface area contributed by atoms with Gasteiger partial charge in [-0.1, -0.05) is 12.2 Å². The van der Waals surface area contributed by atoms with Gasteiger partial charge in [0.05, 0.1) is 0 Å². The summed E-state index contributed by atoms with van der Waals surface area (Å²) in [5.74, 6) is 2.48. The zero-order valence-corrected chi connectivity index (χ0v) is 6.16. The molecular weight excluding hydrogens is 124 g/mol. The van der Waals surface area contributed by atoms with Gasteiger partial charge in [-0.15, -0.1) is 0 Å². The maximum atomic E-state index is 8.73. The molecule has 0 aromatic rings. The van der Waals surface area contributed by atoms with E-state index in [9.17, 15) is 0 Å². The van der Waals surface area contributed by atoms with Crippen molar-refractivity contribution < 1.29 is 5.11 Å². The summed E-state index contributed by atoms with van der Waals surface area (Å²) < 4.78 is 0. The molecule has 0 aromatic heterocycles. The van der Waals surface area contributed by atoms with E-state index in [2.05, 4.69) is 12.2 Å². The summed E-state index contributed by atoms with van der Waals surface area (Å²) in [6, 6.07) is 0. The zero-order chi connectivity index (χ0) is 6.97. The average molecular weight is 138 g/mol. The van der Waals surface area contributed by atoms with Crippen LogP contribution in [0.5, 0.6) is 0 Å². The molecule has 0 heterocycles. The highest BCUT2D eigenvalue weighted by Crippen LogP contribution is 2.44. The van der Waals surface area contributed by atoms with Crippen molar-refractivity contribution in [2.75, 3.05) is 6.61 Å². The van der Waals surface area contributed by atoms with Crippen LogP contribution in [-0.4, -0.2) is 11.7 Å². The number of aliphatic hydroxyl groups excluding tert-OH is 1. The molecule has 1 N–H and O–H groups in total. The van der Waals surface area contributed by atoms with E-state index in [0.717, 1.165) is 24.2 Å². The number of rotatable bonds is 2. The monoisotopic (exact) mass is 138 g/mol. The Bertz CT molecular complexity index is 151. The summed E-state index contributed by atoms with van der Waals surface area (Å²) >= 11 is 0. The first-order valence-electron chi connectivity index (χ1n) is 4.19. The van der Waals surface area contributed by atoms with Gasteiger partial charge >= 0.3 is 0 Å². The van der Waals surface area contributed by atoms with Crippen molar-refractivity contribution in [2.45, 2.75) is 19.3 Å². The maximum Gasteiger partial charge on any atom is 0.0433 e. The largest absolute Gasteiger partial charge is 0.396 e. The highest BCUT2D eigenvalue weighted by Gasteiger charge is 2.34. The van der Waals surface area contributed by atoms with Gasteiger partial charge in [0.1, 0.15) is 0 Å². The van der Waals surface area contributed by atoms with Crippen molar-refractivity contribution >= 4 is 0 Å². The second-order valence-corrected chi connectivity index (χ2v) is 3.55. The Balaban J connectivity index is 1.96. The van der Waals surface area contributed by atoms with Crippen LogP contribution in [0.15, 0.2) is 12.2 Å². The van der Waals surface area contributed by atoms with Gasteiger partial charge in [-0.25, -0.2) is 0 Å². The Hall–Kier alpha value is -0.300. The molecule has 1 heteroatoms. The Morgan fingerprint density at radius 1 is 1.30 bits per heavy atom. The van der Waals surface area contributed by atoms with Crippen molar-refractivity contribution in [3.05, 3.63) is 12.2 Å². The minimum Gasteiger partial charge on any atom is -0.396 e. The van der Waals surface area contributed by atoms with Crippen molar-refractivity contribution in [3.63, 3.8) is 0 Å². The Kier molecular flexibility index (Phi) is 1.53. The minimum atomic E-state index is 0.377. The lowest BCUT2D eigenvalue weighted by atomic mass is 9.91. The molecular formula is C9H14O. The van der Waals surface area contributed by atoms with Gasteiger partial charge in [0.25, 0.3) is 0 Å². The van der Waals surface area contributed by atoms with Crippen molar-refractivity contribution in [2.24, 2.45) is 17.8 Å². The molecule has 2 aliphatic carbocycles. The summed E-state index contributed by atoms with van der Waals surface area (Å²) in [4.78, 5) is 0. The first-order valence-corrected chi connectivity index (χ1v) is 4.19. The van der Waals surface area contributed by atoms with Crippen LogP contribution in [0.4, 0.5) is 0 Å². The van der Waals surface area contributed by atoms with Crippen molar-refractivity contribution in [3.8, 4) is 0 Å². The van der Waals surface area contributed by atoms with Crippen molar-refractivity contribution in [1.29, 1.82) is 0 Å². The van der Waals surface area contributed by atoms with Crippen LogP contribution < -0.4 is 0 Å². The molecule has 0 aliphatic heterocycles. The molecule has 1 nitrogen and oxygen atoms in total. The SMILES string of the molecule is OCCC1CC2C=CC1C2. The number of allylic oxidation sites excluding steroid dienone is 2. The van der Waals surface area contributed by atoms with E-state index in [4.69, 9.17) is 5.11 Å². The molecule has 2 bridgehead atoms. The molecule has 2 aliphatic rings. The fourth-order valence-electron chi connectivity index (χ4n) is 2.39. The molecule has 1 fully saturated rings. The molecule has 0 aromatic carbocycles. The molecule has 0 spiro atoms. The summed E-state index contributed by atoms with van der Waals surface area (Å²) in [6.07, 6.45) is 8.41. The van der Waals surface area contributed by atoms with Gasteiger partial charge in [-0.05, 0) is 37.0 Å². The lowest BCUT2D eigenvalue weighted by Crippen LogP contribution is -2.08. The quantitative estimate of drug-likeness (QED) is 0.574. The fraction of sp³-hybridized carbons (Fsp3) is 0.778. The van der Waals surface area contributed by atoms with Gasteiger partial charge in [-0.2, -0.15) is 0 Å². The van der Waals surface area contributed by atoms with E-state index < -0.39 is 0 Å². The Labute approximate surface area is 61.8 Å². The van der Waals surface area contributed by atoms with Crippen LogP contribution in [0, 0.1) is 17.8 Å². The lowest BCUT2D eigenvalue weighted by Gasteiger charge is -2.15. The Morgan fingerprint density at radius 2 is 2.20 bits per heavy atom.